The molecular weight excluding hydrogens is 456 g/mol. The van der Waals surface area contributed by atoms with Gasteiger partial charge in [0.1, 0.15) is 0 Å². The Kier molecular flexibility index (Phi) is 5.14. The first kappa shape index (κ1) is 17.9. The van der Waals surface area contributed by atoms with E-state index in [1.807, 2.05) is 0 Å². The molecule has 0 unspecified atom stereocenters. The summed E-state index contributed by atoms with van der Waals surface area (Å²) in [5.41, 5.74) is 0.762. The average Bonchev–Trinajstić information content (AvgIpc) is 2.62. The third-order valence-electron chi connectivity index (χ3n) is 3.94. The Morgan fingerprint density at radius 1 is 1.20 bits per heavy atom. The van der Waals surface area contributed by atoms with Crippen molar-refractivity contribution in [2.24, 2.45) is 7.05 Å². The van der Waals surface area contributed by atoms with Gasteiger partial charge in [-0.1, -0.05) is 31.9 Å². The predicted molar refractivity (Wildman–Crippen MR) is 102 cm³/mol. The molecule has 0 radical (unpaired) electrons. The third kappa shape index (κ3) is 3.18. The van der Waals surface area contributed by atoms with E-state index in [2.05, 4.69) is 41.8 Å². The molecular formula is C16H14Br2N4O3. The molecule has 7 nitrogen and oxygen atoms in total. The molecule has 0 aliphatic carbocycles. The Morgan fingerprint density at radius 3 is 2.64 bits per heavy atom. The van der Waals surface area contributed by atoms with Gasteiger partial charge in [0, 0.05) is 24.5 Å². The molecule has 0 bridgehead atoms. The van der Waals surface area contributed by atoms with Crippen molar-refractivity contribution in [3.63, 3.8) is 0 Å². The van der Waals surface area contributed by atoms with E-state index in [-0.39, 0.29) is 29.2 Å². The van der Waals surface area contributed by atoms with Crippen LogP contribution in [-0.4, -0.2) is 35.5 Å². The van der Waals surface area contributed by atoms with Crippen LogP contribution in [-0.2, 0) is 13.6 Å². The minimum absolute atomic E-state index is 0.0748. The minimum Gasteiger partial charge on any atom is -0.325 e. The van der Waals surface area contributed by atoms with Gasteiger partial charge in [0.25, 0.3) is 5.56 Å². The summed E-state index contributed by atoms with van der Waals surface area (Å²) in [4.78, 5) is 45.2. The molecule has 25 heavy (non-hydrogen) atoms. The lowest BCUT2D eigenvalue weighted by Gasteiger charge is -2.14. The zero-order valence-corrected chi connectivity index (χ0v) is 16.5. The van der Waals surface area contributed by atoms with Crippen molar-refractivity contribution in [1.29, 1.82) is 0 Å². The van der Waals surface area contributed by atoms with Crippen molar-refractivity contribution >= 4 is 48.7 Å². The maximum atomic E-state index is 12.7. The number of halogens is 2. The Hall–Kier alpha value is -1.87. The van der Waals surface area contributed by atoms with Gasteiger partial charge in [-0.3, -0.25) is 14.2 Å². The van der Waals surface area contributed by atoms with Crippen LogP contribution in [0.25, 0.3) is 22.6 Å². The molecule has 2 aliphatic rings. The molecule has 2 heterocycles. The smallest absolute Gasteiger partial charge is 0.325 e. The van der Waals surface area contributed by atoms with Gasteiger partial charge in [-0.25, -0.2) is 9.78 Å². The number of aromatic nitrogens is 4. The second kappa shape index (κ2) is 7.17. The number of alkyl halides is 2. The molecule has 0 N–H and O–H groups in total. The molecule has 0 saturated heterocycles. The minimum atomic E-state index is -0.582. The molecule has 0 saturated carbocycles. The SMILES string of the molecule is Cn1c2nc(=O)n(CCCBr)c(=O)c-2nc2cc(C(=O)CBr)ccc21. The van der Waals surface area contributed by atoms with Crippen molar-refractivity contribution in [2.75, 3.05) is 10.7 Å². The van der Waals surface area contributed by atoms with E-state index in [0.29, 0.717) is 28.3 Å². The molecule has 130 valence electrons. The summed E-state index contributed by atoms with van der Waals surface area (Å²) in [6.07, 6.45) is 0.631. The van der Waals surface area contributed by atoms with Crippen LogP contribution < -0.4 is 11.2 Å². The third-order valence-corrected chi connectivity index (χ3v) is 5.01. The molecule has 2 aliphatic heterocycles. The van der Waals surface area contributed by atoms with Crippen molar-refractivity contribution in [3.8, 4) is 11.5 Å². The fourth-order valence-electron chi connectivity index (χ4n) is 2.64. The summed E-state index contributed by atoms with van der Waals surface area (Å²) < 4.78 is 2.74. The average molecular weight is 470 g/mol. The summed E-state index contributed by atoms with van der Waals surface area (Å²) >= 11 is 6.43. The van der Waals surface area contributed by atoms with Crippen molar-refractivity contribution in [2.45, 2.75) is 13.0 Å². The molecule has 0 atom stereocenters. The van der Waals surface area contributed by atoms with Crippen molar-refractivity contribution in [1.82, 2.24) is 19.1 Å². The standard InChI is InChI=1S/C16H14Br2N4O3/c1-21-11-4-3-9(12(23)8-18)7-10(11)19-13-14(21)20-16(25)22(15(13)24)6-2-5-17/h3-4,7H,2,5-6,8H2,1H3. The van der Waals surface area contributed by atoms with Crippen LogP contribution in [0.15, 0.2) is 27.8 Å². The summed E-state index contributed by atoms with van der Waals surface area (Å²) in [6.45, 7) is 0.275. The van der Waals surface area contributed by atoms with Crippen LogP contribution in [0.5, 0.6) is 0 Å². The first-order chi connectivity index (χ1) is 12.0. The Bertz CT molecular complexity index is 1060. The summed E-state index contributed by atoms with van der Waals surface area (Å²) in [6, 6.07) is 5.07. The van der Waals surface area contributed by atoms with Crippen LogP contribution >= 0.6 is 31.9 Å². The second-order valence-electron chi connectivity index (χ2n) is 5.50. The maximum Gasteiger partial charge on any atom is 0.352 e. The fourth-order valence-corrected chi connectivity index (χ4v) is 3.22. The van der Waals surface area contributed by atoms with Crippen LogP contribution in [0.1, 0.15) is 16.8 Å². The van der Waals surface area contributed by atoms with Gasteiger partial charge in [-0.05, 0) is 24.6 Å². The normalized spacial score (nSPS) is 11.3. The molecule has 0 fully saturated rings. The Balaban J connectivity index is 2.32. The number of hydrogen-bond acceptors (Lipinski definition) is 5. The summed E-state index contributed by atoms with van der Waals surface area (Å²) in [5, 5.41) is 0.881. The topological polar surface area (TPSA) is 86.8 Å². The predicted octanol–water partition coefficient (Wildman–Crippen LogP) is 1.96. The number of benzene rings is 1. The molecule has 9 heteroatoms. The molecule has 1 aromatic carbocycles. The number of carbonyl (C=O) groups is 1. The van der Waals surface area contributed by atoms with Gasteiger partial charge >= 0.3 is 5.69 Å². The number of aryl methyl sites for hydroxylation is 1. The second-order valence-corrected chi connectivity index (χ2v) is 6.85. The van der Waals surface area contributed by atoms with E-state index in [1.165, 1.54) is 0 Å². The number of hydrogen-bond donors (Lipinski definition) is 0. The molecule has 0 spiro atoms. The summed E-state index contributed by atoms with van der Waals surface area (Å²) in [7, 11) is 1.72. The number of rotatable bonds is 5. The quantitative estimate of drug-likeness (QED) is 0.324. The maximum absolute atomic E-state index is 12.7. The van der Waals surface area contributed by atoms with Crippen LogP contribution in [0.4, 0.5) is 0 Å². The van der Waals surface area contributed by atoms with Crippen LogP contribution in [0, 0.1) is 0 Å². The van der Waals surface area contributed by atoms with Gasteiger partial charge in [-0.2, -0.15) is 4.98 Å². The van der Waals surface area contributed by atoms with Gasteiger partial charge in [0.05, 0.1) is 16.4 Å². The zero-order chi connectivity index (χ0) is 18.1. The fraction of sp³-hybridized carbons (Fsp3) is 0.312. The number of nitrogens with zero attached hydrogens (tertiary/aromatic N) is 4. The monoisotopic (exact) mass is 468 g/mol. The van der Waals surface area contributed by atoms with E-state index in [1.54, 1.807) is 29.8 Å². The van der Waals surface area contributed by atoms with Crippen LogP contribution in [0.3, 0.4) is 0 Å². The highest BCUT2D eigenvalue weighted by atomic mass is 79.9. The first-order valence-electron chi connectivity index (χ1n) is 7.54. The lowest BCUT2D eigenvalue weighted by atomic mass is 10.1. The largest absolute Gasteiger partial charge is 0.352 e. The number of Topliss-reactive ketones (excluding diaryl/α,β-unsaturated/α-hetero) is 1. The molecule has 3 rings (SSSR count). The first-order valence-corrected chi connectivity index (χ1v) is 9.78. The summed E-state index contributed by atoms with van der Waals surface area (Å²) in [5.74, 6) is 0.159. The van der Waals surface area contributed by atoms with E-state index >= 15 is 0 Å². The Labute approximate surface area is 159 Å². The van der Waals surface area contributed by atoms with Gasteiger partial charge in [-0.15, -0.1) is 0 Å². The van der Waals surface area contributed by atoms with Gasteiger partial charge in [0.2, 0.25) is 0 Å². The van der Waals surface area contributed by atoms with Crippen molar-refractivity contribution < 1.29 is 4.79 Å². The highest BCUT2D eigenvalue weighted by Gasteiger charge is 2.20. The lowest BCUT2D eigenvalue weighted by molar-refractivity contribution is 0.102. The number of fused-ring (bicyclic) bond motifs is 2. The van der Waals surface area contributed by atoms with Gasteiger partial charge < -0.3 is 4.57 Å². The van der Waals surface area contributed by atoms with E-state index in [0.717, 1.165) is 4.57 Å². The highest BCUT2D eigenvalue weighted by Crippen LogP contribution is 2.21. The highest BCUT2D eigenvalue weighted by molar-refractivity contribution is 9.09. The zero-order valence-electron chi connectivity index (χ0n) is 13.3. The lowest BCUT2D eigenvalue weighted by Crippen LogP contribution is -2.38. The number of ketones is 1. The molecule has 0 amide bonds. The van der Waals surface area contributed by atoms with Gasteiger partial charge in [0.15, 0.2) is 17.3 Å². The Morgan fingerprint density at radius 2 is 1.96 bits per heavy atom. The molecule has 0 aromatic heterocycles. The molecule has 1 aromatic rings. The van der Waals surface area contributed by atoms with E-state index in [4.69, 9.17) is 0 Å². The van der Waals surface area contributed by atoms with E-state index in [9.17, 15) is 14.4 Å². The van der Waals surface area contributed by atoms with E-state index < -0.39 is 11.2 Å². The van der Waals surface area contributed by atoms with Crippen LogP contribution in [0.2, 0.25) is 0 Å². The number of carbonyl (C=O) groups excluding carboxylic acids is 1. The van der Waals surface area contributed by atoms with Crippen molar-refractivity contribution in [3.05, 3.63) is 44.6 Å².